The van der Waals surface area contributed by atoms with Gasteiger partial charge in [0.1, 0.15) is 16.8 Å². The van der Waals surface area contributed by atoms with Crippen LogP contribution in [0.1, 0.15) is 35.0 Å². The highest BCUT2D eigenvalue weighted by Gasteiger charge is 2.37. The lowest BCUT2D eigenvalue weighted by atomic mass is 9.85. The molecule has 25 heavy (non-hydrogen) atoms. The highest BCUT2D eigenvalue weighted by atomic mass is 32.1. The number of rotatable bonds is 4. The smallest absolute Gasteiger partial charge is 0.307 e. The fourth-order valence-corrected chi connectivity index (χ4v) is 3.51. The molecule has 0 bridgehead atoms. The van der Waals surface area contributed by atoms with E-state index in [2.05, 4.69) is 4.99 Å². The molecule has 0 saturated carbocycles. The second-order valence-electron chi connectivity index (χ2n) is 5.51. The van der Waals surface area contributed by atoms with E-state index < -0.39 is 29.8 Å². The zero-order valence-electron chi connectivity index (χ0n) is 13.0. The summed E-state index contributed by atoms with van der Waals surface area (Å²) in [6, 6.07) is 3.25. The van der Waals surface area contributed by atoms with Crippen molar-refractivity contribution in [1.29, 1.82) is 5.26 Å². The summed E-state index contributed by atoms with van der Waals surface area (Å²) in [7, 11) is 0. The number of nitriles is 1. The van der Waals surface area contributed by atoms with Crippen LogP contribution < -0.4 is 0 Å². The van der Waals surface area contributed by atoms with E-state index in [4.69, 9.17) is 10.4 Å². The van der Waals surface area contributed by atoms with Crippen molar-refractivity contribution in [3.8, 4) is 6.07 Å². The monoisotopic (exact) mass is 358 g/mol. The maximum atomic E-state index is 14.1. The van der Waals surface area contributed by atoms with Gasteiger partial charge in [0.25, 0.3) is 0 Å². The minimum absolute atomic E-state index is 0.129. The van der Waals surface area contributed by atoms with Gasteiger partial charge in [-0.3, -0.25) is 14.6 Å². The van der Waals surface area contributed by atoms with Gasteiger partial charge in [0.15, 0.2) is 11.5 Å². The van der Waals surface area contributed by atoms with Gasteiger partial charge in [-0.25, -0.2) is 4.39 Å². The molecule has 2 aliphatic rings. The Labute approximate surface area is 145 Å². The van der Waals surface area contributed by atoms with E-state index >= 15 is 0 Å². The Hall–Kier alpha value is -3.05. The summed E-state index contributed by atoms with van der Waals surface area (Å²) in [4.78, 5) is 28.4. The molecule has 1 aliphatic carbocycles. The molecule has 1 aliphatic heterocycles. The van der Waals surface area contributed by atoms with Gasteiger partial charge in [0.05, 0.1) is 17.7 Å². The molecular weight excluding hydrogens is 347 g/mol. The molecule has 126 valence electrons. The standard InChI is InChI=1S/C17H11FN2O4S/c1-7-10(3-13(21)22)14-12(20-7)4-11(18)17(24)15(14)16(23)8-2-9(5-19)25-6-8/h2,6,24H,3-4H2,1H3,(H,21,22). The number of fused-ring (bicyclic) bond motifs is 1. The summed E-state index contributed by atoms with van der Waals surface area (Å²) in [6.07, 6.45) is -0.696. The highest BCUT2D eigenvalue weighted by molar-refractivity contribution is 7.10. The van der Waals surface area contributed by atoms with Crippen LogP contribution in [0.4, 0.5) is 4.39 Å². The number of aliphatic imine (C=N–C) groups is 1. The van der Waals surface area contributed by atoms with E-state index in [9.17, 15) is 19.1 Å². The summed E-state index contributed by atoms with van der Waals surface area (Å²) >= 11 is 1.05. The lowest BCUT2D eigenvalue weighted by Gasteiger charge is -2.19. The zero-order chi connectivity index (χ0) is 18.3. The first-order valence-electron chi connectivity index (χ1n) is 7.19. The average molecular weight is 358 g/mol. The van der Waals surface area contributed by atoms with Crippen LogP contribution in [-0.2, 0) is 4.79 Å². The van der Waals surface area contributed by atoms with Crippen LogP contribution in [-0.4, -0.2) is 27.7 Å². The number of halogens is 1. The van der Waals surface area contributed by atoms with Gasteiger partial charge < -0.3 is 10.2 Å². The van der Waals surface area contributed by atoms with Crippen LogP contribution in [0.15, 0.2) is 50.4 Å². The van der Waals surface area contributed by atoms with Crippen molar-refractivity contribution in [1.82, 2.24) is 0 Å². The molecule has 6 nitrogen and oxygen atoms in total. The van der Waals surface area contributed by atoms with Crippen molar-refractivity contribution in [3.63, 3.8) is 0 Å². The van der Waals surface area contributed by atoms with Gasteiger partial charge in [-0.05, 0) is 18.6 Å². The van der Waals surface area contributed by atoms with Gasteiger partial charge in [0.2, 0.25) is 0 Å². The molecule has 0 spiro atoms. The second kappa shape index (κ2) is 6.11. The van der Waals surface area contributed by atoms with E-state index in [1.807, 2.05) is 6.07 Å². The molecule has 1 aromatic rings. The predicted molar refractivity (Wildman–Crippen MR) is 88.2 cm³/mol. The number of carboxylic acids is 1. The number of nitrogens with zero attached hydrogens (tertiary/aromatic N) is 2. The summed E-state index contributed by atoms with van der Waals surface area (Å²) in [5.41, 5.74) is 0.877. The van der Waals surface area contributed by atoms with Gasteiger partial charge in [0, 0.05) is 28.6 Å². The van der Waals surface area contributed by atoms with Crippen LogP contribution in [0.3, 0.4) is 0 Å². The highest BCUT2D eigenvalue weighted by Crippen LogP contribution is 2.40. The molecule has 0 atom stereocenters. The molecule has 1 aromatic heterocycles. The van der Waals surface area contributed by atoms with Crippen LogP contribution in [0.5, 0.6) is 0 Å². The fourth-order valence-electron chi connectivity index (χ4n) is 2.84. The Balaban J connectivity index is 2.19. The van der Waals surface area contributed by atoms with Gasteiger partial charge in [-0.1, -0.05) is 0 Å². The van der Waals surface area contributed by atoms with Crippen molar-refractivity contribution in [2.45, 2.75) is 19.8 Å². The minimum atomic E-state index is -1.12. The fraction of sp³-hybridized carbons (Fsp3) is 0.176. The Kier molecular flexibility index (Phi) is 4.10. The van der Waals surface area contributed by atoms with E-state index in [1.165, 1.54) is 11.4 Å². The van der Waals surface area contributed by atoms with Crippen LogP contribution in [0.25, 0.3) is 0 Å². The largest absolute Gasteiger partial charge is 0.505 e. The maximum absolute atomic E-state index is 14.1. The summed E-state index contributed by atoms with van der Waals surface area (Å²) in [5.74, 6) is -3.50. The van der Waals surface area contributed by atoms with E-state index in [0.717, 1.165) is 11.3 Å². The summed E-state index contributed by atoms with van der Waals surface area (Å²) in [5, 5.41) is 29.6. The number of hydrogen-bond acceptors (Lipinski definition) is 6. The van der Waals surface area contributed by atoms with Crippen molar-refractivity contribution in [3.05, 3.63) is 55.9 Å². The molecule has 0 saturated heterocycles. The molecule has 0 amide bonds. The minimum Gasteiger partial charge on any atom is -0.505 e. The molecule has 0 radical (unpaired) electrons. The van der Waals surface area contributed by atoms with E-state index in [1.54, 1.807) is 6.92 Å². The Bertz CT molecular complexity index is 989. The lowest BCUT2D eigenvalue weighted by Crippen LogP contribution is -2.20. The molecule has 0 aromatic carbocycles. The zero-order valence-corrected chi connectivity index (χ0v) is 13.8. The maximum Gasteiger partial charge on any atom is 0.307 e. The molecule has 3 rings (SSSR count). The molecule has 0 fully saturated rings. The van der Waals surface area contributed by atoms with Crippen LogP contribution >= 0.6 is 11.3 Å². The Morgan fingerprint density at radius 3 is 2.80 bits per heavy atom. The number of carbonyl (C=O) groups excluding carboxylic acids is 1. The molecular formula is C17H11FN2O4S. The number of Topliss-reactive ketones (excluding diaryl/α,β-unsaturated/α-hetero) is 1. The third-order valence-electron chi connectivity index (χ3n) is 3.92. The number of carbonyl (C=O) groups is 2. The number of ketones is 1. The number of carboxylic acid groups (broad SMARTS) is 1. The second-order valence-corrected chi connectivity index (χ2v) is 6.43. The number of aliphatic hydroxyl groups is 1. The number of thiophene rings is 1. The molecule has 2 heterocycles. The molecule has 8 heteroatoms. The number of aliphatic carboxylic acids is 1. The SMILES string of the molecule is CC1=C(CC(=O)O)C2=C(C(=O)c3csc(C#N)c3)C(O)=C(F)CC2=N1. The first-order chi connectivity index (χ1) is 11.8. The molecule has 2 N–H and O–H groups in total. The Morgan fingerprint density at radius 2 is 2.20 bits per heavy atom. The number of allylic oxidation sites excluding steroid dienone is 4. The van der Waals surface area contributed by atoms with Crippen molar-refractivity contribution in [2.75, 3.05) is 0 Å². The molecule has 0 unspecified atom stereocenters. The third-order valence-corrected chi connectivity index (χ3v) is 4.76. The van der Waals surface area contributed by atoms with Gasteiger partial charge in [-0.2, -0.15) is 5.26 Å². The van der Waals surface area contributed by atoms with Crippen LogP contribution in [0.2, 0.25) is 0 Å². The topological polar surface area (TPSA) is 111 Å². The van der Waals surface area contributed by atoms with E-state index in [0.29, 0.717) is 10.6 Å². The lowest BCUT2D eigenvalue weighted by molar-refractivity contribution is -0.136. The number of aliphatic hydroxyl groups excluding tert-OH is 1. The normalized spacial score (nSPS) is 16.8. The third kappa shape index (κ3) is 2.79. The predicted octanol–water partition coefficient (Wildman–Crippen LogP) is 3.45. The van der Waals surface area contributed by atoms with E-state index in [-0.39, 0.29) is 34.4 Å². The summed E-state index contributed by atoms with van der Waals surface area (Å²) in [6.45, 7) is 1.58. The Morgan fingerprint density at radius 1 is 1.48 bits per heavy atom. The van der Waals surface area contributed by atoms with Crippen molar-refractivity contribution in [2.24, 2.45) is 4.99 Å². The number of hydrogen-bond donors (Lipinski definition) is 2. The first-order valence-corrected chi connectivity index (χ1v) is 8.06. The summed E-state index contributed by atoms with van der Waals surface area (Å²) < 4.78 is 14.1. The van der Waals surface area contributed by atoms with Crippen LogP contribution in [0, 0.1) is 11.3 Å². The average Bonchev–Trinajstić information content (AvgIpc) is 3.14. The quantitative estimate of drug-likeness (QED) is 0.801. The van der Waals surface area contributed by atoms with Gasteiger partial charge in [-0.15, -0.1) is 11.3 Å². The first kappa shape index (κ1) is 16.8. The van der Waals surface area contributed by atoms with Gasteiger partial charge >= 0.3 is 5.97 Å². The van der Waals surface area contributed by atoms with Crippen molar-refractivity contribution >= 4 is 28.8 Å². The van der Waals surface area contributed by atoms with Crippen molar-refractivity contribution < 1.29 is 24.2 Å².